The van der Waals surface area contributed by atoms with Gasteiger partial charge in [0, 0.05) is 26.2 Å². The third-order valence-corrected chi connectivity index (χ3v) is 4.88. The van der Waals surface area contributed by atoms with Gasteiger partial charge in [-0.25, -0.2) is 4.98 Å². The molecule has 10 heteroatoms. The number of pyridine rings is 1. The summed E-state index contributed by atoms with van der Waals surface area (Å²) in [7, 11) is 1.71. The number of aromatic nitrogens is 3. The fraction of sp³-hybridized carbons (Fsp3) is 0.292. The lowest BCUT2D eigenvalue weighted by Crippen LogP contribution is -2.33. The Bertz CT molecular complexity index is 1150. The number of hydrogen-bond donors (Lipinski definition) is 2. The number of aryl methyl sites for hydroxylation is 1. The highest BCUT2D eigenvalue weighted by molar-refractivity contribution is 5.90. The number of carbonyl (C=O) groups excluding carboxylic acids is 2. The predicted molar refractivity (Wildman–Crippen MR) is 127 cm³/mol. The summed E-state index contributed by atoms with van der Waals surface area (Å²) in [6.07, 6.45) is 3.31. The summed E-state index contributed by atoms with van der Waals surface area (Å²) in [4.78, 5) is 30.3. The van der Waals surface area contributed by atoms with Crippen molar-refractivity contribution in [2.24, 2.45) is 0 Å². The number of hydrogen-bond acceptors (Lipinski definition) is 7. The van der Waals surface area contributed by atoms with E-state index in [4.69, 9.17) is 10.00 Å². The Morgan fingerprint density at radius 3 is 2.76 bits per heavy atom. The SMILES string of the molecule is Cc1ccc(OCCN(C)C(=O)Cn2cc(NC(=O)CCNc3cccc(C#N)n3)cn2)cc1. The quantitative estimate of drug-likeness (QED) is 0.449. The molecule has 0 unspecified atom stereocenters. The Hall–Kier alpha value is -4.39. The number of nitrogens with one attached hydrogen (secondary N) is 2. The first-order valence-corrected chi connectivity index (χ1v) is 10.8. The molecule has 0 radical (unpaired) electrons. The third-order valence-electron chi connectivity index (χ3n) is 4.88. The van der Waals surface area contributed by atoms with E-state index in [1.165, 1.54) is 10.9 Å². The first-order chi connectivity index (χ1) is 16.4. The molecule has 3 rings (SSSR count). The number of ether oxygens (including phenoxy) is 1. The number of nitriles is 1. The largest absolute Gasteiger partial charge is 0.492 e. The van der Waals surface area contributed by atoms with Gasteiger partial charge < -0.3 is 20.3 Å². The minimum atomic E-state index is -0.208. The molecule has 2 aromatic heterocycles. The summed E-state index contributed by atoms with van der Waals surface area (Å²) in [6, 6.07) is 14.8. The van der Waals surface area contributed by atoms with Crippen molar-refractivity contribution in [2.75, 3.05) is 37.4 Å². The summed E-state index contributed by atoms with van der Waals surface area (Å²) in [5.41, 5.74) is 1.97. The van der Waals surface area contributed by atoms with Crippen molar-refractivity contribution in [3.63, 3.8) is 0 Å². The van der Waals surface area contributed by atoms with Gasteiger partial charge in [0.25, 0.3) is 0 Å². The Morgan fingerprint density at radius 2 is 2.00 bits per heavy atom. The number of nitrogens with zero attached hydrogens (tertiary/aromatic N) is 5. The number of amides is 2. The molecule has 0 atom stereocenters. The van der Waals surface area contributed by atoms with Gasteiger partial charge in [0.05, 0.1) is 18.4 Å². The second kappa shape index (κ2) is 12.0. The minimum Gasteiger partial charge on any atom is -0.492 e. The van der Waals surface area contributed by atoms with Gasteiger partial charge in [-0.15, -0.1) is 0 Å². The van der Waals surface area contributed by atoms with Crippen molar-refractivity contribution < 1.29 is 14.3 Å². The Balaban J connectivity index is 1.37. The summed E-state index contributed by atoms with van der Waals surface area (Å²) in [5, 5.41) is 18.8. The maximum Gasteiger partial charge on any atom is 0.244 e. The van der Waals surface area contributed by atoms with Crippen LogP contribution < -0.4 is 15.4 Å². The number of anilines is 2. The van der Waals surface area contributed by atoms with E-state index in [2.05, 4.69) is 20.7 Å². The van der Waals surface area contributed by atoms with Crippen LogP contribution in [-0.4, -0.2) is 58.2 Å². The molecular weight excluding hydrogens is 434 g/mol. The van der Waals surface area contributed by atoms with Crippen molar-refractivity contribution in [1.82, 2.24) is 19.7 Å². The summed E-state index contributed by atoms with van der Waals surface area (Å²) < 4.78 is 7.14. The van der Waals surface area contributed by atoms with Crippen molar-refractivity contribution in [3.8, 4) is 11.8 Å². The molecule has 0 spiro atoms. The predicted octanol–water partition coefficient (Wildman–Crippen LogP) is 2.44. The van der Waals surface area contributed by atoms with Crippen LogP contribution in [0.3, 0.4) is 0 Å². The molecule has 0 saturated carbocycles. The summed E-state index contributed by atoms with van der Waals surface area (Å²) in [6.45, 7) is 3.25. The number of benzene rings is 1. The molecule has 1 aromatic carbocycles. The molecule has 10 nitrogen and oxygen atoms in total. The van der Waals surface area contributed by atoms with Crippen LogP contribution in [0.25, 0.3) is 0 Å². The smallest absolute Gasteiger partial charge is 0.244 e. The number of carbonyl (C=O) groups is 2. The van der Waals surface area contributed by atoms with Crippen LogP contribution in [0, 0.1) is 18.3 Å². The van der Waals surface area contributed by atoms with E-state index in [1.807, 2.05) is 37.3 Å². The zero-order valence-electron chi connectivity index (χ0n) is 19.2. The second-order valence-electron chi connectivity index (χ2n) is 7.65. The highest BCUT2D eigenvalue weighted by atomic mass is 16.5. The molecule has 0 aliphatic carbocycles. The Kier molecular flexibility index (Phi) is 8.57. The molecule has 0 fully saturated rings. The van der Waals surface area contributed by atoms with Gasteiger partial charge in [0.2, 0.25) is 11.8 Å². The van der Waals surface area contributed by atoms with Crippen LogP contribution in [0.2, 0.25) is 0 Å². The maximum absolute atomic E-state index is 12.4. The van der Waals surface area contributed by atoms with Crippen LogP contribution in [0.5, 0.6) is 5.75 Å². The fourth-order valence-electron chi connectivity index (χ4n) is 2.96. The van der Waals surface area contributed by atoms with Crippen LogP contribution in [0.15, 0.2) is 54.9 Å². The van der Waals surface area contributed by atoms with Crippen LogP contribution >= 0.6 is 0 Å². The molecule has 34 heavy (non-hydrogen) atoms. The molecule has 2 amide bonds. The zero-order chi connectivity index (χ0) is 24.3. The van der Waals surface area contributed by atoms with Gasteiger partial charge in [-0.1, -0.05) is 23.8 Å². The van der Waals surface area contributed by atoms with E-state index in [-0.39, 0.29) is 24.8 Å². The van der Waals surface area contributed by atoms with Crippen molar-refractivity contribution in [1.29, 1.82) is 5.26 Å². The molecule has 3 aromatic rings. The Labute approximate surface area is 198 Å². The van der Waals surface area contributed by atoms with Gasteiger partial charge in [0.15, 0.2) is 0 Å². The lowest BCUT2D eigenvalue weighted by atomic mass is 10.2. The van der Waals surface area contributed by atoms with Gasteiger partial charge in [-0.3, -0.25) is 14.3 Å². The Morgan fingerprint density at radius 1 is 1.21 bits per heavy atom. The molecule has 2 heterocycles. The highest BCUT2D eigenvalue weighted by Gasteiger charge is 2.12. The second-order valence-corrected chi connectivity index (χ2v) is 7.65. The fourth-order valence-corrected chi connectivity index (χ4v) is 2.96. The van der Waals surface area contributed by atoms with Crippen molar-refractivity contribution in [2.45, 2.75) is 19.9 Å². The van der Waals surface area contributed by atoms with Crippen molar-refractivity contribution >= 4 is 23.3 Å². The monoisotopic (exact) mass is 461 g/mol. The normalized spacial score (nSPS) is 10.3. The summed E-state index contributed by atoms with van der Waals surface area (Å²) >= 11 is 0. The molecular formula is C24H27N7O3. The van der Waals surface area contributed by atoms with E-state index in [9.17, 15) is 9.59 Å². The highest BCUT2D eigenvalue weighted by Crippen LogP contribution is 2.11. The van der Waals surface area contributed by atoms with Crippen LogP contribution in [0.4, 0.5) is 11.5 Å². The molecule has 2 N–H and O–H groups in total. The van der Waals surface area contributed by atoms with Gasteiger partial charge >= 0.3 is 0 Å². The average molecular weight is 462 g/mol. The first-order valence-electron chi connectivity index (χ1n) is 10.8. The van der Waals surface area contributed by atoms with Gasteiger partial charge in [-0.2, -0.15) is 10.4 Å². The van der Waals surface area contributed by atoms with Gasteiger partial charge in [0.1, 0.15) is 36.5 Å². The molecule has 176 valence electrons. The lowest BCUT2D eigenvalue weighted by Gasteiger charge is -2.17. The lowest BCUT2D eigenvalue weighted by molar-refractivity contribution is -0.131. The van der Waals surface area contributed by atoms with E-state index < -0.39 is 0 Å². The van der Waals surface area contributed by atoms with Gasteiger partial charge in [-0.05, 0) is 31.2 Å². The van der Waals surface area contributed by atoms with Crippen LogP contribution in [0.1, 0.15) is 17.7 Å². The standard InChI is InChI=1S/C24H27N7O3/c1-18-6-8-21(9-7-18)34-13-12-30(2)24(33)17-31-16-20(15-27-31)29-23(32)10-11-26-22-5-3-4-19(14-25)28-22/h3-9,15-16H,10-13,17H2,1-2H3,(H,26,28)(H,29,32). The zero-order valence-corrected chi connectivity index (χ0v) is 19.2. The first kappa shape index (κ1) is 24.3. The average Bonchev–Trinajstić information content (AvgIpc) is 3.26. The van der Waals surface area contributed by atoms with Crippen LogP contribution in [-0.2, 0) is 16.1 Å². The maximum atomic E-state index is 12.4. The van der Waals surface area contributed by atoms with E-state index in [0.29, 0.717) is 36.9 Å². The number of rotatable bonds is 11. The number of likely N-dealkylation sites (N-methyl/N-ethyl adjacent to an activating group) is 1. The van der Waals surface area contributed by atoms with E-state index >= 15 is 0 Å². The topological polar surface area (TPSA) is 125 Å². The molecule has 0 aliphatic rings. The summed E-state index contributed by atoms with van der Waals surface area (Å²) in [5.74, 6) is 0.970. The molecule has 0 aliphatic heterocycles. The van der Waals surface area contributed by atoms with Crippen molar-refractivity contribution in [3.05, 3.63) is 66.1 Å². The molecule has 0 saturated heterocycles. The molecule has 0 bridgehead atoms. The third kappa shape index (κ3) is 7.63. The van der Waals surface area contributed by atoms with E-state index in [1.54, 1.807) is 36.3 Å². The minimum absolute atomic E-state index is 0.0549. The van der Waals surface area contributed by atoms with E-state index in [0.717, 1.165) is 11.3 Å².